The number of halogens is 1. The summed E-state index contributed by atoms with van der Waals surface area (Å²) in [6.45, 7) is 3.10. The van der Waals surface area contributed by atoms with E-state index < -0.39 is 0 Å². The number of benzene rings is 1. The van der Waals surface area contributed by atoms with Gasteiger partial charge in [-0.3, -0.25) is 4.99 Å². The summed E-state index contributed by atoms with van der Waals surface area (Å²) in [7, 11) is 0. The molecule has 0 aromatic heterocycles. The van der Waals surface area contributed by atoms with Crippen LogP contribution in [0.1, 0.15) is 13.3 Å². The fourth-order valence-electron chi connectivity index (χ4n) is 2.86. The van der Waals surface area contributed by atoms with Crippen molar-refractivity contribution in [1.29, 1.82) is 0 Å². The van der Waals surface area contributed by atoms with Crippen LogP contribution in [-0.2, 0) is 0 Å². The molecular formula is C13H16BrN3S. The number of aliphatic imine (C=N–C) groups is 1. The van der Waals surface area contributed by atoms with E-state index in [1.165, 1.54) is 5.75 Å². The van der Waals surface area contributed by atoms with Crippen LogP contribution in [-0.4, -0.2) is 29.0 Å². The zero-order chi connectivity index (χ0) is 12.8. The summed E-state index contributed by atoms with van der Waals surface area (Å²) in [5.74, 6) is 1.83. The molecule has 1 aromatic carbocycles. The van der Waals surface area contributed by atoms with Gasteiger partial charge in [-0.1, -0.05) is 19.1 Å². The van der Waals surface area contributed by atoms with Crippen LogP contribution in [0.3, 0.4) is 0 Å². The SMILES string of the molecule is CC1SCCC12CN=C(N)N2c1ccccc1Br. The van der Waals surface area contributed by atoms with E-state index in [1.807, 2.05) is 23.9 Å². The molecule has 2 heterocycles. The molecule has 5 heteroatoms. The van der Waals surface area contributed by atoms with Crippen molar-refractivity contribution in [2.45, 2.75) is 24.1 Å². The highest BCUT2D eigenvalue weighted by molar-refractivity contribution is 9.10. The van der Waals surface area contributed by atoms with Crippen molar-refractivity contribution in [1.82, 2.24) is 0 Å². The molecule has 2 aliphatic rings. The van der Waals surface area contributed by atoms with E-state index in [1.54, 1.807) is 0 Å². The van der Waals surface area contributed by atoms with Crippen LogP contribution in [0, 0.1) is 0 Å². The zero-order valence-electron chi connectivity index (χ0n) is 10.3. The van der Waals surface area contributed by atoms with Crippen molar-refractivity contribution < 1.29 is 0 Å². The number of nitrogens with zero attached hydrogens (tertiary/aromatic N) is 2. The third kappa shape index (κ3) is 1.67. The first-order valence-corrected chi connectivity index (χ1v) is 7.95. The summed E-state index contributed by atoms with van der Waals surface area (Å²) in [4.78, 5) is 6.74. The van der Waals surface area contributed by atoms with E-state index in [4.69, 9.17) is 5.73 Å². The standard InChI is InChI=1S/C13H16BrN3S/c1-9-13(6-7-18-9)8-16-12(15)17(13)11-5-3-2-4-10(11)14/h2-5,9H,6-8H2,1H3,(H2,15,16). The van der Waals surface area contributed by atoms with Crippen LogP contribution in [0.5, 0.6) is 0 Å². The Hall–Kier alpha value is -0.680. The Bertz CT molecular complexity index is 505. The van der Waals surface area contributed by atoms with Gasteiger partial charge in [0.15, 0.2) is 5.96 Å². The van der Waals surface area contributed by atoms with Crippen LogP contribution in [0.4, 0.5) is 5.69 Å². The molecule has 0 saturated carbocycles. The van der Waals surface area contributed by atoms with E-state index in [2.05, 4.69) is 44.9 Å². The van der Waals surface area contributed by atoms with E-state index in [-0.39, 0.29) is 5.54 Å². The second kappa shape index (κ2) is 4.46. The number of guanidine groups is 1. The number of anilines is 1. The first kappa shape index (κ1) is 12.4. The van der Waals surface area contributed by atoms with Gasteiger partial charge in [-0.2, -0.15) is 11.8 Å². The van der Waals surface area contributed by atoms with Gasteiger partial charge in [-0.25, -0.2) is 0 Å². The highest BCUT2D eigenvalue weighted by atomic mass is 79.9. The first-order valence-electron chi connectivity index (χ1n) is 6.11. The Morgan fingerprint density at radius 1 is 1.50 bits per heavy atom. The fourth-order valence-corrected chi connectivity index (χ4v) is 4.75. The number of para-hydroxylation sites is 1. The molecule has 0 radical (unpaired) electrons. The van der Waals surface area contributed by atoms with Gasteiger partial charge < -0.3 is 10.6 Å². The Kier molecular flexibility index (Phi) is 3.06. The van der Waals surface area contributed by atoms with Crippen LogP contribution in [0.2, 0.25) is 0 Å². The van der Waals surface area contributed by atoms with Gasteiger partial charge in [0.25, 0.3) is 0 Å². The summed E-state index contributed by atoms with van der Waals surface area (Å²) in [5.41, 5.74) is 7.34. The van der Waals surface area contributed by atoms with E-state index >= 15 is 0 Å². The Morgan fingerprint density at radius 2 is 2.28 bits per heavy atom. The predicted octanol–water partition coefficient (Wildman–Crippen LogP) is 2.85. The van der Waals surface area contributed by atoms with Gasteiger partial charge in [-0.15, -0.1) is 0 Å². The van der Waals surface area contributed by atoms with Gasteiger partial charge in [-0.05, 0) is 40.2 Å². The van der Waals surface area contributed by atoms with Crippen molar-refractivity contribution in [3.05, 3.63) is 28.7 Å². The topological polar surface area (TPSA) is 41.6 Å². The van der Waals surface area contributed by atoms with Crippen molar-refractivity contribution in [2.75, 3.05) is 17.2 Å². The first-order chi connectivity index (χ1) is 8.65. The molecule has 3 nitrogen and oxygen atoms in total. The smallest absolute Gasteiger partial charge is 0.196 e. The quantitative estimate of drug-likeness (QED) is 0.863. The number of nitrogens with two attached hydrogens (primary N) is 1. The van der Waals surface area contributed by atoms with Crippen molar-refractivity contribution in [3.8, 4) is 0 Å². The lowest BCUT2D eigenvalue weighted by atomic mass is 9.91. The molecule has 96 valence electrons. The second-order valence-electron chi connectivity index (χ2n) is 4.83. The summed E-state index contributed by atoms with van der Waals surface area (Å²) in [5, 5.41) is 0.550. The molecule has 2 aliphatic heterocycles. The van der Waals surface area contributed by atoms with Gasteiger partial charge in [0.1, 0.15) is 0 Å². The third-order valence-corrected chi connectivity index (χ3v) is 5.99. The molecule has 1 spiro atoms. The average molecular weight is 326 g/mol. The molecule has 1 aromatic rings. The molecule has 0 bridgehead atoms. The van der Waals surface area contributed by atoms with Gasteiger partial charge >= 0.3 is 0 Å². The number of hydrogen-bond acceptors (Lipinski definition) is 4. The molecule has 2 N–H and O–H groups in total. The minimum Gasteiger partial charge on any atom is -0.369 e. The minimum atomic E-state index is 0.0681. The van der Waals surface area contributed by atoms with E-state index in [0.29, 0.717) is 11.2 Å². The second-order valence-corrected chi connectivity index (χ2v) is 7.13. The van der Waals surface area contributed by atoms with Crippen molar-refractivity contribution >= 4 is 39.3 Å². The Labute approximate surface area is 120 Å². The van der Waals surface area contributed by atoms with Crippen molar-refractivity contribution in [2.24, 2.45) is 10.7 Å². The molecule has 0 aliphatic carbocycles. The maximum Gasteiger partial charge on any atom is 0.196 e. The highest BCUT2D eigenvalue weighted by Gasteiger charge is 2.50. The molecule has 2 unspecified atom stereocenters. The van der Waals surface area contributed by atoms with Gasteiger partial charge in [0.2, 0.25) is 0 Å². The van der Waals surface area contributed by atoms with E-state index in [9.17, 15) is 0 Å². The summed E-state index contributed by atoms with van der Waals surface area (Å²) >= 11 is 5.64. The van der Waals surface area contributed by atoms with Crippen LogP contribution < -0.4 is 10.6 Å². The van der Waals surface area contributed by atoms with Crippen molar-refractivity contribution in [3.63, 3.8) is 0 Å². The highest BCUT2D eigenvalue weighted by Crippen LogP contribution is 2.46. The monoisotopic (exact) mass is 325 g/mol. The Morgan fingerprint density at radius 3 is 2.94 bits per heavy atom. The van der Waals surface area contributed by atoms with Crippen LogP contribution in [0.15, 0.2) is 33.7 Å². The molecule has 1 fully saturated rings. The summed E-state index contributed by atoms with van der Waals surface area (Å²) in [6.07, 6.45) is 1.14. The fraction of sp³-hybridized carbons (Fsp3) is 0.462. The maximum absolute atomic E-state index is 6.14. The number of thioether (sulfide) groups is 1. The third-order valence-electron chi connectivity index (χ3n) is 3.94. The molecule has 1 saturated heterocycles. The van der Waals surface area contributed by atoms with E-state index in [0.717, 1.165) is 23.1 Å². The number of hydrogen-bond donors (Lipinski definition) is 1. The van der Waals surface area contributed by atoms with Gasteiger partial charge in [0.05, 0.1) is 17.8 Å². The van der Waals surface area contributed by atoms with Crippen LogP contribution in [0.25, 0.3) is 0 Å². The van der Waals surface area contributed by atoms with Crippen LogP contribution >= 0.6 is 27.7 Å². The molecule has 3 rings (SSSR count). The lowest BCUT2D eigenvalue weighted by Crippen LogP contribution is -2.55. The van der Waals surface area contributed by atoms with Gasteiger partial charge in [0, 0.05) is 9.72 Å². The normalized spacial score (nSPS) is 31.1. The molecular weight excluding hydrogens is 310 g/mol. The lowest BCUT2D eigenvalue weighted by molar-refractivity contribution is 0.459. The predicted molar refractivity (Wildman–Crippen MR) is 82.4 cm³/mol. The zero-order valence-corrected chi connectivity index (χ0v) is 12.7. The summed E-state index contributed by atoms with van der Waals surface area (Å²) in [6, 6.07) is 8.24. The average Bonchev–Trinajstić information content (AvgIpc) is 2.87. The lowest BCUT2D eigenvalue weighted by Gasteiger charge is -2.39. The minimum absolute atomic E-state index is 0.0681. The largest absolute Gasteiger partial charge is 0.369 e. The summed E-state index contributed by atoms with van der Waals surface area (Å²) < 4.78 is 1.08. The molecule has 0 amide bonds. The Balaban J connectivity index is 2.08. The maximum atomic E-state index is 6.14. The molecule has 18 heavy (non-hydrogen) atoms. The molecule has 2 atom stereocenters. The number of rotatable bonds is 1.